The van der Waals surface area contributed by atoms with Gasteiger partial charge < -0.3 is 21.7 Å². The van der Waals surface area contributed by atoms with Crippen molar-refractivity contribution >= 4 is 40.8 Å². The molecule has 7 aromatic rings. The highest BCUT2D eigenvalue weighted by Crippen LogP contribution is 2.32. The van der Waals surface area contributed by atoms with E-state index in [1.54, 1.807) is 43.3 Å². The molecule has 0 spiro atoms. The lowest BCUT2D eigenvalue weighted by Crippen LogP contribution is -2.30. The van der Waals surface area contributed by atoms with E-state index in [1.165, 1.54) is 4.90 Å². The van der Waals surface area contributed by atoms with Crippen molar-refractivity contribution in [1.29, 1.82) is 0 Å². The standard InChI is InChI=1S/C44H55N7O2.C17H13Cl2NO3.C7H5N/c45-23-7-1-2-16-43(52)18-17-36-32-37(34-50(28-19-39-12-3-8-24-46-39)29-20-40-13-4-9-25-47-40)44(53)38(33-36)35-51(30-21-41-14-5-10-26-48-41)31-22-42-15-6-11-27-49-42;18-7-11-5-10(6-12(8-19)15(11)21)9-20-16(22)13-3-1-2-4-14(13)17(20)23;1-2-3-4-5-6-7-8/h3-6,8-15,24-27,32-33,53H,1-2,7,16-23,28-31,34-35,45H2;1-6,21H,7-9H2;8H2,1H3. The summed E-state index contributed by atoms with van der Waals surface area (Å²) < 4.78 is 0. The number of phenolic OH excluding ortho intramolecular Hbond substituents is 2. The lowest BCUT2D eigenvalue weighted by molar-refractivity contribution is -0.119. The second-order valence-corrected chi connectivity index (χ2v) is 20.4. The SMILES string of the molecule is CC#CC#CC#CN.NCCCCCC(=O)CCc1cc(CN(CCc2ccccn2)CCc2ccccn2)c(O)c(CN(CCc2ccccn2)CCc2ccccn2)c1.O=C1c2ccccc2C(=O)N1Cc1cc(CCl)c(O)c(CCl)c1. The van der Waals surface area contributed by atoms with E-state index >= 15 is 0 Å². The van der Waals surface area contributed by atoms with Crippen LogP contribution in [0.5, 0.6) is 11.5 Å². The van der Waals surface area contributed by atoms with Gasteiger partial charge in [-0.25, -0.2) is 0 Å². The van der Waals surface area contributed by atoms with E-state index in [-0.39, 0.29) is 41.7 Å². The van der Waals surface area contributed by atoms with Crippen molar-refractivity contribution in [2.24, 2.45) is 11.5 Å². The van der Waals surface area contributed by atoms with Gasteiger partial charge in [0, 0.05) is 165 Å². The first-order chi connectivity index (χ1) is 41.0. The van der Waals surface area contributed by atoms with Crippen LogP contribution in [0, 0.1) is 35.6 Å². The van der Waals surface area contributed by atoms with Crippen LogP contribution in [0.2, 0.25) is 0 Å². The van der Waals surface area contributed by atoms with Gasteiger partial charge in [0.2, 0.25) is 0 Å². The lowest BCUT2D eigenvalue weighted by atomic mass is 9.97. The van der Waals surface area contributed by atoms with E-state index in [2.05, 4.69) is 102 Å². The Kier molecular flexibility index (Phi) is 27.9. The maximum Gasteiger partial charge on any atom is 0.261 e. The molecule has 14 nitrogen and oxygen atoms in total. The Labute approximate surface area is 504 Å². The van der Waals surface area contributed by atoms with Crippen LogP contribution in [-0.4, -0.2) is 95.2 Å². The van der Waals surface area contributed by atoms with Gasteiger partial charge in [0.05, 0.1) is 29.4 Å². The zero-order valence-electron chi connectivity index (χ0n) is 47.7. The molecule has 434 valence electrons. The first kappa shape index (κ1) is 64.8. The van der Waals surface area contributed by atoms with Gasteiger partial charge in [-0.3, -0.25) is 49.0 Å². The fraction of sp³-hybridized carbons (Fsp3) is 0.309. The Morgan fingerprint density at radius 3 is 1.35 bits per heavy atom. The number of carbonyl (C=O) groups is 3. The molecule has 16 heteroatoms. The third kappa shape index (κ3) is 21.4. The third-order valence-corrected chi connectivity index (χ3v) is 14.4. The number of imide groups is 1. The molecule has 84 heavy (non-hydrogen) atoms. The van der Waals surface area contributed by atoms with Crippen LogP contribution in [0.3, 0.4) is 0 Å². The second-order valence-electron chi connectivity index (χ2n) is 19.9. The van der Waals surface area contributed by atoms with Gasteiger partial charge in [0.15, 0.2) is 0 Å². The zero-order valence-corrected chi connectivity index (χ0v) is 49.2. The van der Waals surface area contributed by atoms with Gasteiger partial charge >= 0.3 is 0 Å². The summed E-state index contributed by atoms with van der Waals surface area (Å²) in [6.45, 7) is 6.76. The topological polar surface area (TPSA) is 205 Å². The van der Waals surface area contributed by atoms with Crippen molar-refractivity contribution in [1.82, 2.24) is 34.6 Å². The number of amides is 2. The van der Waals surface area contributed by atoms with Gasteiger partial charge in [0.25, 0.3) is 11.8 Å². The summed E-state index contributed by atoms with van der Waals surface area (Å²) in [5.74, 6) is 12.6. The second kappa shape index (κ2) is 36.2. The van der Waals surface area contributed by atoms with Crippen molar-refractivity contribution in [2.45, 2.75) is 103 Å². The van der Waals surface area contributed by atoms with Crippen molar-refractivity contribution in [3.05, 3.63) is 213 Å². The van der Waals surface area contributed by atoms with Crippen molar-refractivity contribution < 1.29 is 24.6 Å². The maximum atomic E-state index is 12.9. The highest BCUT2D eigenvalue weighted by Gasteiger charge is 2.35. The summed E-state index contributed by atoms with van der Waals surface area (Å²) in [6.07, 6.45) is 15.0. The number of aromatic hydroxyl groups is 2. The Balaban J connectivity index is 0.000000298. The molecular weight excluding hydrogens is 1090 g/mol. The number of ketones is 1. The van der Waals surface area contributed by atoms with Crippen LogP contribution in [0.1, 0.15) is 116 Å². The summed E-state index contributed by atoms with van der Waals surface area (Å²) in [5.41, 5.74) is 20.0. The van der Waals surface area contributed by atoms with Crippen LogP contribution >= 0.6 is 23.2 Å². The third-order valence-electron chi connectivity index (χ3n) is 13.8. The van der Waals surface area contributed by atoms with E-state index in [9.17, 15) is 24.6 Å². The normalized spacial score (nSPS) is 11.2. The number of carbonyl (C=O) groups excluding carboxylic acids is 3. The Bertz CT molecular complexity index is 3110. The van der Waals surface area contributed by atoms with E-state index in [0.29, 0.717) is 72.5 Å². The molecule has 0 aliphatic carbocycles. The van der Waals surface area contributed by atoms with Crippen LogP contribution in [0.15, 0.2) is 146 Å². The molecule has 4 aromatic heterocycles. The zero-order chi connectivity index (χ0) is 59.7. The average Bonchev–Trinajstić information content (AvgIpc) is 3.95. The van der Waals surface area contributed by atoms with Crippen molar-refractivity contribution in [2.75, 3.05) is 32.7 Å². The largest absolute Gasteiger partial charge is 0.507 e. The van der Waals surface area contributed by atoms with Gasteiger partial charge in [-0.05, 0) is 128 Å². The summed E-state index contributed by atoms with van der Waals surface area (Å²) in [4.78, 5) is 61.9. The molecule has 2 amide bonds. The molecule has 0 saturated heterocycles. The predicted octanol–water partition coefficient (Wildman–Crippen LogP) is 10.2. The van der Waals surface area contributed by atoms with Gasteiger partial charge in [-0.2, -0.15) is 0 Å². The van der Waals surface area contributed by atoms with E-state index in [1.807, 2.05) is 73.3 Å². The number of pyridine rings is 4. The number of unbranched alkanes of at least 4 members (excludes halogenated alkanes) is 2. The first-order valence-corrected chi connectivity index (χ1v) is 29.2. The van der Waals surface area contributed by atoms with Gasteiger partial charge in [-0.15, -0.1) is 23.2 Å². The molecule has 6 N–H and O–H groups in total. The van der Waals surface area contributed by atoms with Crippen molar-refractivity contribution in [3.8, 4) is 47.1 Å². The monoisotopic (exact) mass is 1170 g/mol. The fourth-order valence-corrected chi connectivity index (χ4v) is 9.83. The number of benzene rings is 3. The number of fused-ring (bicyclic) bond motifs is 1. The summed E-state index contributed by atoms with van der Waals surface area (Å²) in [6, 6.07) is 40.5. The number of nitrogens with zero attached hydrogens (tertiary/aromatic N) is 7. The minimum Gasteiger partial charge on any atom is -0.507 e. The molecule has 8 rings (SSSR count). The summed E-state index contributed by atoms with van der Waals surface area (Å²) >= 11 is 11.7. The fourth-order valence-electron chi connectivity index (χ4n) is 9.42. The minimum atomic E-state index is -0.321. The van der Waals surface area contributed by atoms with E-state index in [4.69, 9.17) is 34.7 Å². The first-order valence-electron chi connectivity index (χ1n) is 28.2. The Morgan fingerprint density at radius 2 is 0.952 bits per heavy atom. The van der Waals surface area contributed by atoms with Crippen LogP contribution in [-0.2, 0) is 68.3 Å². The van der Waals surface area contributed by atoms with Crippen LogP contribution in [0.25, 0.3) is 0 Å². The highest BCUT2D eigenvalue weighted by atomic mass is 35.5. The number of aromatic nitrogens is 4. The number of nitrogens with two attached hydrogens (primary N) is 2. The number of aryl methyl sites for hydroxylation is 1. The summed E-state index contributed by atoms with van der Waals surface area (Å²) in [5, 5.41) is 22.0. The predicted molar refractivity (Wildman–Crippen MR) is 332 cm³/mol. The maximum absolute atomic E-state index is 12.9. The molecule has 0 unspecified atom stereocenters. The smallest absolute Gasteiger partial charge is 0.261 e. The number of hydrogen-bond acceptors (Lipinski definition) is 13. The number of hydrogen-bond donors (Lipinski definition) is 4. The van der Waals surface area contributed by atoms with E-state index in [0.717, 1.165) is 111 Å². The number of Topliss-reactive ketones (excluding diaryl/α,β-unsaturated/α-hetero) is 1. The van der Waals surface area contributed by atoms with Crippen molar-refractivity contribution in [3.63, 3.8) is 0 Å². The Morgan fingerprint density at radius 1 is 0.536 bits per heavy atom. The van der Waals surface area contributed by atoms with Gasteiger partial charge in [0.1, 0.15) is 17.3 Å². The highest BCUT2D eigenvalue weighted by molar-refractivity contribution is 6.21. The summed E-state index contributed by atoms with van der Waals surface area (Å²) in [7, 11) is 0. The molecule has 0 radical (unpaired) electrons. The minimum absolute atomic E-state index is 0.0566. The van der Waals surface area contributed by atoms with Gasteiger partial charge in [-0.1, -0.05) is 60.9 Å². The van der Waals surface area contributed by atoms with E-state index < -0.39 is 0 Å². The molecule has 0 fully saturated rings. The molecule has 1 aliphatic heterocycles. The molecule has 5 heterocycles. The molecule has 0 bridgehead atoms. The number of alkyl halides is 2. The van der Waals surface area contributed by atoms with Crippen LogP contribution in [0.4, 0.5) is 0 Å². The lowest BCUT2D eigenvalue weighted by Gasteiger charge is -2.26. The quantitative estimate of drug-likeness (QED) is 0.0119. The Hall–Kier alpha value is -8.39. The molecule has 3 aromatic carbocycles. The number of phenols is 2. The number of rotatable bonds is 28. The number of halogens is 2. The molecule has 0 atom stereocenters. The van der Waals surface area contributed by atoms with Crippen LogP contribution < -0.4 is 11.5 Å². The molecule has 0 saturated carbocycles. The molecular formula is C68H73Cl2N9O5. The average molecular weight is 1170 g/mol. The molecule has 1 aliphatic rings.